The highest BCUT2D eigenvalue weighted by atomic mass is 32.1. The molecule has 148 valence electrons. The first-order chi connectivity index (χ1) is 14.4. The van der Waals surface area contributed by atoms with Crippen LogP contribution in [0.3, 0.4) is 0 Å². The third kappa shape index (κ3) is 2.91. The lowest BCUT2D eigenvalue weighted by atomic mass is 10.1. The van der Waals surface area contributed by atoms with Crippen molar-refractivity contribution in [3.05, 3.63) is 85.9 Å². The fourth-order valence-electron chi connectivity index (χ4n) is 3.44. The highest BCUT2D eigenvalue weighted by molar-refractivity contribution is 7.15. The molecular formula is C23H16N2O4S. The molecule has 5 aromatic rings. The minimum Gasteiger partial charge on any atom is -0.478 e. The van der Waals surface area contributed by atoms with Crippen LogP contribution < -0.4 is 10.1 Å². The molecule has 2 aromatic carbocycles. The van der Waals surface area contributed by atoms with Crippen LogP contribution in [0.4, 0.5) is 0 Å². The molecule has 0 fully saturated rings. The van der Waals surface area contributed by atoms with E-state index >= 15 is 0 Å². The molecule has 3 aromatic heterocycles. The number of fused-ring (bicyclic) bond motifs is 3. The van der Waals surface area contributed by atoms with E-state index in [1.54, 1.807) is 40.8 Å². The summed E-state index contributed by atoms with van der Waals surface area (Å²) < 4.78 is 8.01. The molecule has 0 bridgehead atoms. The summed E-state index contributed by atoms with van der Waals surface area (Å²) in [4.78, 5) is 29.4. The van der Waals surface area contributed by atoms with Crippen LogP contribution in [0.5, 0.6) is 0 Å². The highest BCUT2D eigenvalue weighted by Gasteiger charge is 2.13. The van der Waals surface area contributed by atoms with Crippen LogP contribution in [0.2, 0.25) is 0 Å². The molecule has 0 saturated heterocycles. The molecule has 0 amide bonds. The van der Waals surface area contributed by atoms with E-state index in [0.29, 0.717) is 26.6 Å². The predicted molar refractivity (Wildman–Crippen MR) is 116 cm³/mol. The van der Waals surface area contributed by atoms with Gasteiger partial charge in [0.15, 0.2) is 4.96 Å². The number of nitrogens with zero attached hydrogens (tertiary/aromatic N) is 2. The molecule has 0 aliphatic rings. The number of carboxylic acid groups (broad SMARTS) is 1. The van der Waals surface area contributed by atoms with E-state index < -0.39 is 5.97 Å². The van der Waals surface area contributed by atoms with Crippen molar-refractivity contribution in [2.45, 2.75) is 13.8 Å². The predicted octanol–water partition coefficient (Wildman–Crippen LogP) is 4.03. The second-order valence-electron chi connectivity index (χ2n) is 7.16. The lowest BCUT2D eigenvalue weighted by Crippen LogP contribution is -2.22. The van der Waals surface area contributed by atoms with Crippen LogP contribution in [-0.2, 0) is 0 Å². The molecule has 3 heterocycles. The molecule has 5 rings (SSSR count). The van der Waals surface area contributed by atoms with Gasteiger partial charge in [-0.3, -0.25) is 4.79 Å². The van der Waals surface area contributed by atoms with Crippen LogP contribution in [0.1, 0.15) is 27.2 Å². The number of aryl methyl sites for hydroxylation is 2. The quantitative estimate of drug-likeness (QED) is 0.480. The summed E-state index contributed by atoms with van der Waals surface area (Å²) in [6.07, 6.45) is 1.69. The van der Waals surface area contributed by atoms with E-state index in [0.717, 1.165) is 22.2 Å². The first-order valence-corrected chi connectivity index (χ1v) is 10.1. The molecule has 0 saturated carbocycles. The van der Waals surface area contributed by atoms with Crippen LogP contribution in [0, 0.1) is 13.8 Å². The number of furan rings is 1. The first-order valence-electron chi connectivity index (χ1n) is 9.28. The Bertz CT molecular complexity index is 1570. The summed E-state index contributed by atoms with van der Waals surface area (Å²) in [5, 5.41) is 9.16. The van der Waals surface area contributed by atoms with E-state index in [2.05, 4.69) is 4.98 Å². The summed E-state index contributed by atoms with van der Waals surface area (Å²) in [6.45, 7) is 4.04. The van der Waals surface area contributed by atoms with Crippen molar-refractivity contribution in [1.29, 1.82) is 0 Å². The molecular weight excluding hydrogens is 400 g/mol. The average Bonchev–Trinajstić information content (AvgIpc) is 3.39. The minimum absolute atomic E-state index is 0.133. The van der Waals surface area contributed by atoms with Gasteiger partial charge in [-0.25, -0.2) is 14.2 Å². The smallest absolute Gasteiger partial charge is 0.335 e. The van der Waals surface area contributed by atoms with Crippen molar-refractivity contribution < 1.29 is 14.3 Å². The maximum Gasteiger partial charge on any atom is 0.335 e. The van der Waals surface area contributed by atoms with E-state index in [9.17, 15) is 9.59 Å². The Labute approximate surface area is 174 Å². The Kier molecular flexibility index (Phi) is 4.08. The van der Waals surface area contributed by atoms with Gasteiger partial charge in [-0.2, -0.15) is 0 Å². The fourth-order valence-corrected chi connectivity index (χ4v) is 4.41. The van der Waals surface area contributed by atoms with Gasteiger partial charge in [0.2, 0.25) is 0 Å². The number of aromatic carboxylic acids is 1. The van der Waals surface area contributed by atoms with Crippen LogP contribution in [0.25, 0.3) is 33.4 Å². The second kappa shape index (κ2) is 6.67. The SMILES string of the molecule is Cc1cc2nc3sc(=Cc4ccc(-c5cccc(C(=O)O)c5)o4)c(=O)n3c2cc1C. The van der Waals surface area contributed by atoms with Gasteiger partial charge in [0.05, 0.1) is 16.6 Å². The van der Waals surface area contributed by atoms with Crippen molar-refractivity contribution in [2.24, 2.45) is 0 Å². The molecule has 6 nitrogen and oxygen atoms in total. The van der Waals surface area contributed by atoms with Crippen LogP contribution >= 0.6 is 11.3 Å². The van der Waals surface area contributed by atoms with Crippen molar-refractivity contribution in [3.63, 3.8) is 0 Å². The number of imidazole rings is 1. The first kappa shape index (κ1) is 18.3. The standard InChI is InChI=1S/C23H16N2O4S/c1-12-8-17-18(9-13(12)2)25-21(26)20(30-23(25)24-17)11-16-6-7-19(29-16)14-4-3-5-15(10-14)22(27)28/h3-11H,1-2H3,(H,27,28). The molecule has 0 aliphatic heterocycles. The summed E-state index contributed by atoms with van der Waals surface area (Å²) in [5.41, 5.74) is 4.59. The Balaban J connectivity index is 1.60. The number of rotatable bonds is 3. The highest BCUT2D eigenvalue weighted by Crippen LogP contribution is 2.24. The molecule has 0 atom stereocenters. The molecule has 0 spiro atoms. The summed E-state index contributed by atoms with van der Waals surface area (Å²) in [6, 6.07) is 14.0. The Morgan fingerprint density at radius 2 is 1.93 bits per heavy atom. The molecule has 0 unspecified atom stereocenters. The van der Waals surface area contributed by atoms with Crippen molar-refractivity contribution in [2.75, 3.05) is 0 Å². The minimum atomic E-state index is -0.995. The topological polar surface area (TPSA) is 84.8 Å². The van der Waals surface area contributed by atoms with Gasteiger partial charge in [0.1, 0.15) is 16.1 Å². The molecule has 1 N–H and O–H groups in total. The van der Waals surface area contributed by atoms with Gasteiger partial charge in [-0.1, -0.05) is 23.5 Å². The van der Waals surface area contributed by atoms with Crippen molar-refractivity contribution >= 4 is 39.4 Å². The number of thiazole rings is 1. The molecule has 0 aliphatic carbocycles. The van der Waals surface area contributed by atoms with E-state index in [1.165, 1.54) is 17.4 Å². The normalized spacial score (nSPS) is 12.3. The second-order valence-corrected chi connectivity index (χ2v) is 8.17. The summed E-state index contributed by atoms with van der Waals surface area (Å²) >= 11 is 1.31. The lowest BCUT2D eigenvalue weighted by Gasteiger charge is -1.99. The molecule has 30 heavy (non-hydrogen) atoms. The molecule has 0 radical (unpaired) electrons. The van der Waals surface area contributed by atoms with Gasteiger partial charge in [0, 0.05) is 11.6 Å². The van der Waals surface area contributed by atoms with Crippen molar-refractivity contribution in [1.82, 2.24) is 9.38 Å². The maximum atomic E-state index is 13.0. The average molecular weight is 416 g/mol. The number of carboxylic acids is 1. The Morgan fingerprint density at radius 3 is 2.73 bits per heavy atom. The maximum absolute atomic E-state index is 13.0. The number of carbonyl (C=O) groups is 1. The van der Waals surface area contributed by atoms with E-state index in [-0.39, 0.29) is 11.1 Å². The van der Waals surface area contributed by atoms with E-state index in [4.69, 9.17) is 9.52 Å². The fraction of sp³-hybridized carbons (Fsp3) is 0.0870. The van der Waals surface area contributed by atoms with Gasteiger partial charge in [-0.05, 0) is 61.4 Å². The zero-order chi connectivity index (χ0) is 21.0. The van der Waals surface area contributed by atoms with E-state index in [1.807, 2.05) is 26.0 Å². The summed E-state index contributed by atoms with van der Waals surface area (Å²) in [7, 11) is 0. The molecule has 7 heteroatoms. The van der Waals surface area contributed by atoms with Gasteiger partial charge < -0.3 is 9.52 Å². The van der Waals surface area contributed by atoms with Gasteiger partial charge in [-0.15, -0.1) is 0 Å². The number of hydrogen-bond donors (Lipinski definition) is 1. The lowest BCUT2D eigenvalue weighted by molar-refractivity contribution is 0.0697. The third-order valence-electron chi connectivity index (χ3n) is 5.15. The van der Waals surface area contributed by atoms with Crippen LogP contribution in [0.15, 0.2) is 57.7 Å². The number of hydrogen-bond acceptors (Lipinski definition) is 5. The van der Waals surface area contributed by atoms with Gasteiger partial charge >= 0.3 is 5.97 Å². The number of aromatic nitrogens is 2. The third-order valence-corrected chi connectivity index (χ3v) is 6.12. The largest absolute Gasteiger partial charge is 0.478 e. The summed E-state index contributed by atoms with van der Waals surface area (Å²) in [5.74, 6) is 0.0594. The van der Waals surface area contributed by atoms with Crippen LogP contribution in [-0.4, -0.2) is 20.5 Å². The monoisotopic (exact) mass is 416 g/mol. The Hall–Kier alpha value is -3.71. The number of benzene rings is 2. The van der Waals surface area contributed by atoms with Gasteiger partial charge in [0.25, 0.3) is 5.56 Å². The zero-order valence-corrected chi connectivity index (χ0v) is 17.0. The van der Waals surface area contributed by atoms with Crippen molar-refractivity contribution in [3.8, 4) is 11.3 Å². The Morgan fingerprint density at radius 1 is 1.13 bits per heavy atom. The zero-order valence-electron chi connectivity index (χ0n) is 16.2.